The van der Waals surface area contributed by atoms with Crippen LogP contribution < -0.4 is 10.6 Å². The minimum Gasteiger partial charge on any atom is -0.383 e. The number of aliphatic imine (C=N–C) groups is 1. The molecule has 1 rings (SSSR count). The summed E-state index contributed by atoms with van der Waals surface area (Å²) in [5, 5.41) is 7.77. The minimum atomic E-state index is 0.583. The summed E-state index contributed by atoms with van der Waals surface area (Å²) in [5.41, 5.74) is 0. The monoisotopic (exact) mass is 330 g/mol. The Morgan fingerprint density at radius 3 is 2.82 bits per heavy atom. The lowest BCUT2D eigenvalue weighted by molar-refractivity contribution is 0.161. The zero-order valence-electron chi connectivity index (χ0n) is 14.7. The maximum absolute atomic E-state index is 5.09. The molecule has 5 nitrogen and oxygen atoms in total. The molecule has 1 fully saturated rings. The van der Waals surface area contributed by atoms with Crippen LogP contribution in [0.5, 0.6) is 0 Å². The predicted molar refractivity (Wildman–Crippen MR) is 98.0 cm³/mol. The van der Waals surface area contributed by atoms with E-state index in [1.165, 1.54) is 19.3 Å². The second-order valence-corrected chi connectivity index (χ2v) is 7.06. The lowest BCUT2D eigenvalue weighted by Gasteiger charge is -2.18. The van der Waals surface area contributed by atoms with Crippen LogP contribution in [0, 0.1) is 0 Å². The van der Waals surface area contributed by atoms with Gasteiger partial charge in [0.2, 0.25) is 0 Å². The van der Waals surface area contributed by atoms with Crippen molar-refractivity contribution in [3.05, 3.63) is 0 Å². The second-order valence-electron chi connectivity index (χ2n) is 5.92. The van der Waals surface area contributed by atoms with Gasteiger partial charge in [0.05, 0.1) is 6.61 Å². The van der Waals surface area contributed by atoms with Crippen LogP contribution in [0.4, 0.5) is 0 Å². The Kier molecular flexibility index (Phi) is 10.7. The van der Waals surface area contributed by atoms with E-state index in [1.54, 1.807) is 7.11 Å². The normalized spacial score (nSPS) is 22.3. The van der Waals surface area contributed by atoms with E-state index >= 15 is 0 Å². The zero-order valence-corrected chi connectivity index (χ0v) is 15.5. The van der Waals surface area contributed by atoms with Gasteiger partial charge in [-0.1, -0.05) is 0 Å². The Hall–Kier alpha value is -0.460. The maximum atomic E-state index is 5.09. The number of hydrogen-bond acceptors (Lipinski definition) is 4. The highest BCUT2D eigenvalue weighted by atomic mass is 32.2. The van der Waals surface area contributed by atoms with E-state index in [-0.39, 0.29) is 0 Å². The van der Waals surface area contributed by atoms with E-state index in [1.807, 2.05) is 11.8 Å². The fraction of sp³-hybridized carbons (Fsp3) is 0.938. The first-order chi connectivity index (χ1) is 10.7. The number of nitrogens with zero attached hydrogens (tertiary/aromatic N) is 2. The molecule has 2 N–H and O–H groups in total. The quantitative estimate of drug-likeness (QED) is 0.363. The molecule has 6 heteroatoms. The molecule has 0 aromatic carbocycles. The molecule has 0 aromatic heterocycles. The van der Waals surface area contributed by atoms with E-state index in [0.717, 1.165) is 50.4 Å². The topological polar surface area (TPSA) is 48.9 Å². The Bertz CT molecular complexity index is 315. The van der Waals surface area contributed by atoms with E-state index in [2.05, 4.69) is 35.8 Å². The Labute approximate surface area is 140 Å². The molecular weight excluding hydrogens is 296 g/mol. The number of ether oxygens (including phenoxy) is 1. The number of nitrogens with one attached hydrogen (secondary N) is 2. The first-order valence-corrected chi connectivity index (χ1v) is 9.73. The molecule has 1 saturated carbocycles. The lowest BCUT2D eigenvalue weighted by Crippen LogP contribution is -2.42. The van der Waals surface area contributed by atoms with Gasteiger partial charge in [0.1, 0.15) is 0 Å². The van der Waals surface area contributed by atoms with Gasteiger partial charge in [-0.25, -0.2) is 0 Å². The van der Waals surface area contributed by atoms with Crippen LogP contribution in [0.1, 0.15) is 32.6 Å². The maximum Gasteiger partial charge on any atom is 0.191 e. The molecular formula is C16H34N4OS. The highest BCUT2D eigenvalue weighted by Crippen LogP contribution is 2.27. The smallest absolute Gasteiger partial charge is 0.191 e. The number of methoxy groups -OCH3 is 1. The minimum absolute atomic E-state index is 0.583. The largest absolute Gasteiger partial charge is 0.383 e. The summed E-state index contributed by atoms with van der Waals surface area (Å²) in [6.07, 6.45) is 7.13. The van der Waals surface area contributed by atoms with Gasteiger partial charge in [-0.05, 0) is 52.5 Å². The summed E-state index contributed by atoms with van der Waals surface area (Å²) >= 11 is 1.99. The van der Waals surface area contributed by atoms with Gasteiger partial charge in [0.15, 0.2) is 5.96 Å². The van der Waals surface area contributed by atoms with E-state index in [9.17, 15) is 0 Å². The van der Waals surface area contributed by atoms with Crippen molar-refractivity contribution in [1.82, 2.24) is 15.5 Å². The molecule has 1 aliphatic carbocycles. The van der Waals surface area contributed by atoms with Gasteiger partial charge in [-0.2, -0.15) is 11.8 Å². The molecule has 1 aliphatic rings. The Morgan fingerprint density at radius 1 is 1.36 bits per heavy atom. The molecule has 0 aromatic rings. The van der Waals surface area contributed by atoms with Crippen molar-refractivity contribution in [3.8, 4) is 0 Å². The molecule has 0 saturated heterocycles. The van der Waals surface area contributed by atoms with E-state index < -0.39 is 0 Å². The molecule has 0 bridgehead atoms. The average molecular weight is 331 g/mol. The fourth-order valence-electron chi connectivity index (χ4n) is 2.69. The molecule has 22 heavy (non-hydrogen) atoms. The van der Waals surface area contributed by atoms with Crippen molar-refractivity contribution in [3.63, 3.8) is 0 Å². The first-order valence-electron chi connectivity index (χ1n) is 8.44. The van der Waals surface area contributed by atoms with Crippen LogP contribution in [-0.4, -0.2) is 75.4 Å². The molecule has 2 atom stereocenters. The van der Waals surface area contributed by atoms with Crippen molar-refractivity contribution in [2.75, 3.05) is 53.2 Å². The zero-order chi connectivity index (χ0) is 16.2. The molecule has 0 aliphatic heterocycles. The summed E-state index contributed by atoms with van der Waals surface area (Å²) in [5.74, 6) is 0.980. The summed E-state index contributed by atoms with van der Waals surface area (Å²) in [4.78, 5) is 7.00. The van der Waals surface area contributed by atoms with E-state index in [0.29, 0.717) is 6.04 Å². The summed E-state index contributed by atoms with van der Waals surface area (Å²) in [6, 6.07) is 0.583. The third kappa shape index (κ3) is 8.25. The van der Waals surface area contributed by atoms with Crippen molar-refractivity contribution < 1.29 is 4.74 Å². The van der Waals surface area contributed by atoms with Gasteiger partial charge >= 0.3 is 0 Å². The third-order valence-corrected chi connectivity index (χ3v) is 5.14. The van der Waals surface area contributed by atoms with Crippen molar-refractivity contribution in [1.29, 1.82) is 0 Å². The average Bonchev–Trinajstić information content (AvgIpc) is 2.97. The highest BCUT2D eigenvalue weighted by Gasteiger charge is 2.24. The SMILES string of the molecule is CCNC(=NCCCN(C)CCOC)NC1CCC(SC)C1. The van der Waals surface area contributed by atoms with Crippen molar-refractivity contribution in [2.24, 2.45) is 4.99 Å². The first kappa shape index (κ1) is 19.6. The molecule has 0 amide bonds. The number of guanidine groups is 1. The van der Waals surface area contributed by atoms with Crippen LogP contribution in [0.3, 0.4) is 0 Å². The summed E-state index contributed by atoms with van der Waals surface area (Å²) in [7, 11) is 3.88. The van der Waals surface area contributed by atoms with E-state index in [4.69, 9.17) is 9.73 Å². The fourth-order valence-corrected chi connectivity index (χ4v) is 3.49. The molecule has 130 valence electrons. The standard InChI is InChI=1S/C16H34N4OS/c1-5-17-16(19-14-7-8-15(13-14)22-4)18-9-6-10-20(2)11-12-21-3/h14-15H,5-13H2,1-4H3,(H2,17,18,19). The molecule has 0 spiro atoms. The van der Waals surface area contributed by atoms with Crippen LogP contribution in [-0.2, 0) is 4.74 Å². The van der Waals surface area contributed by atoms with Gasteiger partial charge in [0, 0.05) is 38.0 Å². The number of likely N-dealkylation sites (N-methyl/N-ethyl adjacent to an activating group) is 1. The number of rotatable bonds is 10. The Morgan fingerprint density at radius 2 is 2.18 bits per heavy atom. The van der Waals surface area contributed by atoms with Gasteiger partial charge in [0.25, 0.3) is 0 Å². The van der Waals surface area contributed by atoms with Crippen LogP contribution >= 0.6 is 11.8 Å². The van der Waals surface area contributed by atoms with Gasteiger partial charge < -0.3 is 20.3 Å². The Balaban J connectivity index is 2.26. The lowest BCUT2D eigenvalue weighted by atomic mass is 10.2. The second kappa shape index (κ2) is 12.0. The number of hydrogen-bond donors (Lipinski definition) is 2. The van der Waals surface area contributed by atoms with Crippen molar-refractivity contribution >= 4 is 17.7 Å². The molecule has 0 radical (unpaired) electrons. The van der Waals surface area contributed by atoms with Crippen LogP contribution in [0.15, 0.2) is 4.99 Å². The van der Waals surface area contributed by atoms with Crippen LogP contribution in [0.25, 0.3) is 0 Å². The van der Waals surface area contributed by atoms with Crippen LogP contribution in [0.2, 0.25) is 0 Å². The molecule has 2 unspecified atom stereocenters. The molecule has 0 heterocycles. The van der Waals surface area contributed by atoms with Gasteiger partial charge in [-0.3, -0.25) is 4.99 Å². The number of thioether (sulfide) groups is 1. The predicted octanol–water partition coefficient (Wildman–Crippen LogP) is 1.79. The highest BCUT2D eigenvalue weighted by molar-refractivity contribution is 7.99. The van der Waals surface area contributed by atoms with Gasteiger partial charge in [-0.15, -0.1) is 0 Å². The summed E-state index contributed by atoms with van der Waals surface area (Å²) < 4.78 is 5.09. The summed E-state index contributed by atoms with van der Waals surface area (Å²) in [6.45, 7) is 6.74. The third-order valence-electron chi connectivity index (χ3n) is 4.05. The van der Waals surface area contributed by atoms with Crippen molar-refractivity contribution in [2.45, 2.75) is 43.9 Å².